The molecule has 0 fully saturated rings. The van der Waals surface area contributed by atoms with Gasteiger partial charge in [-0.25, -0.2) is 4.79 Å². The Morgan fingerprint density at radius 2 is 2.04 bits per heavy atom. The van der Waals surface area contributed by atoms with Crippen LogP contribution < -0.4 is 5.56 Å². The van der Waals surface area contributed by atoms with Crippen molar-refractivity contribution in [3.05, 3.63) is 52.1 Å². The number of nitrogens with zero attached hydrogens (tertiary/aromatic N) is 1. The van der Waals surface area contributed by atoms with E-state index in [0.717, 1.165) is 0 Å². The fraction of sp³-hybridized carbons (Fsp3) is 0.250. The number of fused-ring (bicyclic) bond motifs is 1. The van der Waals surface area contributed by atoms with Gasteiger partial charge in [-0.05, 0) is 31.0 Å². The van der Waals surface area contributed by atoms with Gasteiger partial charge in [0.15, 0.2) is 0 Å². The largest absolute Gasteiger partial charge is 0.507 e. The van der Waals surface area contributed by atoms with Crippen molar-refractivity contribution in [3.63, 3.8) is 0 Å². The molecule has 3 aromatic rings. The number of nitrogens with one attached hydrogen (secondary N) is 1. The van der Waals surface area contributed by atoms with Crippen molar-refractivity contribution in [1.82, 2.24) is 9.97 Å². The van der Waals surface area contributed by atoms with Crippen molar-refractivity contribution >= 4 is 16.7 Å². The Balaban J connectivity index is 2.45. The number of phenols is 2. The third kappa shape index (κ3) is 3.12. The summed E-state index contributed by atoms with van der Waals surface area (Å²) >= 11 is 0. The van der Waals surface area contributed by atoms with Crippen LogP contribution in [0.1, 0.15) is 42.7 Å². The first-order valence-electron chi connectivity index (χ1n) is 8.60. The Morgan fingerprint density at radius 1 is 1.30 bits per heavy atom. The first-order valence-corrected chi connectivity index (χ1v) is 8.60. The molecule has 0 saturated heterocycles. The van der Waals surface area contributed by atoms with Crippen molar-refractivity contribution in [1.29, 1.82) is 0 Å². The number of carbonyl (C=O) groups excluding carboxylic acids is 1. The smallest absolute Gasteiger partial charge is 0.340 e. The fourth-order valence-corrected chi connectivity index (χ4v) is 3.09. The number of rotatable bonds is 4. The molecule has 0 bridgehead atoms. The second-order valence-corrected chi connectivity index (χ2v) is 6.37. The summed E-state index contributed by atoms with van der Waals surface area (Å²) < 4.78 is 5.12. The molecule has 0 spiro atoms. The maximum Gasteiger partial charge on any atom is 0.340 e. The topological polar surface area (TPSA) is 113 Å². The second kappa shape index (κ2) is 7.11. The molecule has 0 amide bonds. The summed E-state index contributed by atoms with van der Waals surface area (Å²) in [6.07, 6.45) is 1.51. The van der Waals surface area contributed by atoms with Gasteiger partial charge in [0.2, 0.25) is 0 Å². The van der Waals surface area contributed by atoms with Gasteiger partial charge in [0.1, 0.15) is 11.5 Å². The number of phenolic OH excluding ortho intramolecular Hbond substituents is 2. The number of aromatic nitrogens is 2. The van der Waals surface area contributed by atoms with E-state index in [0.29, 0.717) is 11.4 Å². The number of aromatic amines is 1. The van der Waals surface area contributed by atoms with Crippen LogP contribution in [0, 0.1) is 0 Å². The molecule has 0 unspecified atom stereocenters. The highest BCUT2D eigenvalue weighted by Gasteiger charge is 2.26. The highest BCUT2D eigenvalue weighted by Crippen LogP contribution is 2.42. The summed E-state index contributed by atoms with van der Waals surface area (Å²) in [6, 6.07) is 6.29. The normalized spacial score (nSPS) is 11.1. The zero-order chi connectivity index (χ0) is 19.7. The molecule has 0 aliphatic heterocycles. The number of benzene rings is 1. The Kier molecular flexibility index (Phi) is 4.85. The molecule has 0 radical (unpaired) electrons. The third-order valence-corrected chi connectivity index (χ3v) is 4.27. The molecule has 0 aliphatic rings. The van der Waals surface area contributed by atoms with Crippen molar-refractivity contribution in [3.8, 4) is 22.8 Å². The van der Waals surface area contributed by atoms with Gasteiger partial charge in [-0.1, -0.05) is 19.9 Å². The van der Waals surface area contributed by atoms with E-state index >= 15 is 0 Å². The quantitative estimate of drug-likeness (QED) is 0.609. The minimum absolute atomic E-state index is 0.0284. The number of pyridine rings is 2. The average Bonchev–Trinajstić information content (AvgIpc) is 2.61. The minimum Gasteiger partial charge on any atom is -0.507 e. The molecular weight excluding hydrogens is 348 g/mol. The summed E-state index contributed by atoms with van der Waals surface area (Å²) in [7, 11) is 0. The Morgan fingerprint density at radius 3 is 2.63 bits per heavy atom. The molecule has 1 aromatic carbocycles. The van der Waals surface area contributed by atoms with Crippen LogP contribution in [-0.4, -0.2) is 32.8 Å². The molecule has 140 valence electrons. The fourth-order valence-electron chi connectivity index (χ4n) is 3.09. The highest BCUT2D eigenvalue weighted by atomic mass is 16.5. The van der Waals surface area contributed by atoms with Crippen LogP contribution in [0.15, 0.2) is 35.3 Å². The van der Waals surface area contributed by atoms with E-state index in [-0.39, 0.29) is 40.2 Å². The summed E-state index contributed by atoms with van der Waals surface area (Å²) in [5.41, 5.74) is 0.284. The van der Waals surface area contributed by atoms with Gasteiger partial charge in [-0.2, -0.15) is 0 Å². The zero-order valence-electron chi connectivity index (χ0n) is 15.2. The lowest BCUT2D eigenvalue weighted by Crippen LogP contribution is -2.19. The van der Waals surface area contributed by atoms with Gasteiger partial charge in [0, 0.05) is 17.3 Å². The third-order valence-electron chi connectivity index (χ3n) is 4.27. The number of H-pyrrole nitrogens is 1. The molecule has 3 N–H and O–H groups in total. The summed E-state index contributed by atoms with van der Waals surface area (Å²) in [6.45, 7) is 5.47. The molecule has 27 heavy (non-hydrogen) atoms. The van der Waals surface area contributed by atoms with Crippen LogP contribution in [0.4, 0.5) is 0 Å². The van der Waals surface area contributed by atoms with Gasteiger partial charge in [-0.3, -0.25) is 9.78 Å². The van der Waals surface area contributed by atoms with Gasteiger partial charge < -0.3 is 19.9 Å². The van der Waals surface area contributed by atoms with E-state index in [2.05, 4.69) is 9.97 Å². The van der Waals surface area contributed by atoms with Gasteiger partial charge in [-0.15, -0.1) is 0 Å². The van der Waals surface area contributed by atoms with E-state index < -0.39 is 17.3 Å². The monoisotopic (exact) mass is 368 g/mol. The van der Waals surface area contributed by atoms with Crippen LogP contribution in [0.3, 0.4) is 0 Å². The van der Waals surface area contributed by atoms with Crippen LogP contribution in [-0.2, 0) is 4.74 Å². The molecule has 3 rings (SSSR count). The SMILES string of the molecule is CCOC(=O)c1c(C(C)C)[nH]c(=O)c2c(O)c(-c3ccccn3)c(O)cc12. The molecule has 0 atom stereocenters. The Bertz CT molecular complexity index is 1070. The second-order valence-electron chi connectivity index (χ2n) is 6.37. The van der Waals surface area contributed by atoms with Crippen LogP contribution in [0.5, 0.6) is 11.5 Å². The van der Waals surface area contributed by atoms with Crippen LogP contribution >= 0.6 is 0 Å². The summed E-state index contributed by atoms with van der Waals surface area (Å²) in [5, 5.41) is 21.3. The van der Waals surface area contributed by atoms with Gasteiger partial charge in [0.05, 0.1) is 28.8 Å². The van der Waals surface area contributed by atoms with Crippen molar-refractivity contribution in [2.75, 3.05) is 6.61 Å². The first-order chi connectivity index (χ1) is 12.9. The van der Waals surface area contributed by atoms with Crippen LogP contribution in [0.25, 0.3) is 22.0 Å². The van der Waals surface area contributed by atoms with E-state index in [1.54, 1.807) is 25.1 Å². The molecule has 2 aromatic heterocycles. The van der Waals surface area contributed by atoms with Crippen molar-refractivity contribution in [2.45, 2.75) is 26.7 Å². The maximum atomic E-state index is 12.7. The average molecular weight is 368 g/mol. The summed E-state index contributed by atoms with van der Waals surface area (Å²) in [4.78, 5) is 32.0. The van der Waals surface area contributed by atoms with Crippen LogP contribution in [0.2, 0.25) is 0 Å². The number of esters is 1. The molecule has 2 heterocycles. The molecule has 0 saturated carbocycles. The number of aromatic hydroxyl groups is 2. The Hall–Kier alpha value is -3.35. The minimum atomic E-state index is -0.633. The van der Waals surface area contributed by atoms with E-state index in [1.807, 2.05) is 13.8 Å². The number of ether oxygens (including phenoxy) is 1. The first kappa shape index (κ1) is 18.4. The maximum absolute atomic E-state index is 12.7. The Labute approximate surface area is 155 Å². The molecular formula is C20H20N2O5. The zero-order valence-corrected chi connectivity index (χ0v) is 15.2. The lowest BCUT2D eigenvalue weighted by molar-refractivity contribution is 0.0526. The highest BCUT2D eigenvalue weighted by molar-refractivity contribution is 6.09. The standard InChI is InChI=1S/C20H20N2O5/c1-4-27-20(26)14-11-9-13(23)16(12-7-5-6-8-21-12)18(24)15(11)19(25)22-17(14)10(2)3/h5-10,23-24H,4H2,1-3H3,(H,22,25). The predicted molar refractivity (Wildman–Crippen MR) is 101 cm³/mol. The summed E-state index contributed by atoms with van der Waals surface area (Å²) in [5.74, 6) is -1.54. The number of hydrogen-bond donors (Lipinski definition) is 3. The lowest BCUT2D eigenvalue weighted by Gasteiger charge is -2.17. The molecule has 7 heteroatoms. The lowest BCUT2D eigenvalue weighted by atomic mass is 9.95. The van der Waals surface area contributed by atoms with E-state index in [9.17, 15) is 19.8 Å². The number of hydrogen-bond acceptors (Lipinski definition) is 6. The van der Waals surface area contributed by atoms with E-state index in [1.165, 1.54) is 12.3 Å². The predicted octanol–water partition coefficient (Wildman–Crippen LogP) is 3.30. The molecule has 7 nitrogen and oxygen atoms in total. The van der Waals surface area contributed by atoms with Crippen molar-refractivity contribution in [2.24, 2.45) is 0 Å². The van der Waals surface area contributed by atoms with Crippen molar-refractivity contribution < 1.29 is 19.7 Å². The van der Waals surface area contributed by atoms with E-state index in [4.69, 9.17) is 4.74 Å². The van der Waals surface area contributed by atoms with Gasteiger partial charge >= 0.3 is 5.97 Å². The molecule has 0 aliphatic carbocycles. The number of carbonyl (C=O) groups is 1. The van der Waals surface area contributed by atoms with Gasteiger partial charge in [0.25, 0.3) is 5.56 Å².